The van der Waals surface area contributed by atoms with Gasteiger partial charge in [0.05, 0.1) is 11.6 Å². The molecule has 0 radical (unpaired) electrons. The van der Waals surface area contributed by atoms with Gasteiger partial charge in [0, 0.05) is 5.56 Å². The Hall–Kier alpha value is -2.21. The number of nitrogens with two attached hydrogens (primary N) is 1. The summed E-state index contributed by atoms with van der Waals surface area (Å²) in [5, 5.41) is 0. The molecular weight excluding hydrogens is 286 g/mol. The minimum atomic E-state index is -4.80. The lowest BCUT2D eigenvalue weighted by Crippen LogP contribution is -2.22. The molecule has 0 amide bonds. The minimum absolute atomic E-state index is 0.197. The predicted octanol–water partition coefficient (Wildman–Crippen LogP) is 3.73. The van der Waals surface area contributed by atoms with Gasteiger partial charge in [-0.1, -0.05) is 36.4 Å². The number of Topliss-reactive ketones (excluding diaryl/α,β-unsaturated/α-hetero) is 1. The normalized spacial score (nSPS) is 13.0. The molecule has 0 spiro atoms. The lowest BCUT2D eigenvalue weighted by Gasteiger charge is -2.13. The van der Waals surface area contributed by atoms with Crippen molar-refractivity contribution in [3.8, 4) is 0 Å². The topological polar surface area (TPSA) is 43.1 Å². The summed E-state index contributed by atoms with van der Waals surface area (Å²) in [7, 11) is 0. The largest absolute Gasteiger partial charge is 0.419 e. The maximum Gasteiger partial charge on any atom is 0.419 e. The fourth-order valence-electron chi connectivity index (χ4n) is 1.89. The molecular formula is C15H11F4NO. The van der Waals surface area contributed by atoms with E-state index in [0.717, 1.165) is 6.07 Å². The molecule has 2 aromatic rings. The van der Waals surface area contributed by atoms with Gasteiger partial charge < -0.3 is 5.73 Å². The summed E-state index contributed by atoms with van der Waals surface area (Å²) in [6.07, 6.45) is -4.80. The molecule has 0 fully saturated rings. The van der Waals surface area contributed by atoms with Crippen LogP contribution in [0.25, 0.3) is 0 Å². The predicted molar refractivity (Wildman–Crippen MR) is 69.1 cm³/mol. The second-order valence-corrected chi connectivity index (χ2v) is 4.44. The van der Waals surface area contributed by atoms with E-state index in [1.54, 1.807) is 30.3 Å². The summed E-state index contributed by atoms with van der Waals surface area (Å²) in [5.74, 6) is -2.14. The molecule has 2 aromatic carbocycles. The van der Waals surface area contributed by atoms with Crippen molar-refractivity contribution >= 4 is 5.78 Å². The van der Waals surface area contributed by atoms with E-state index in [4.69, 9.17) is 5.73 Å². The molecule has 0 aromatic heterocycles. The molecule has 21 heavy (non-hydrogen) atoms. The molecule has 0 aliphatic rings. The highest BCUT2D eigenvalue weighted by atomic mass is 19.4. The Balaban J connectivity index is 2.31. The number of rotatable bonds is 3. The summed E-state index contributed by atoms with van der Waals surface area (Å²) in [5.41, 5.74) is 4.65. The van der Waals surface area contributed by atoms with Crippen LogP contribution in [0.3, 0.4) is 0 Å². The van der Waals surface area contributed by atoms with E-state index in [-0.39, 0.29) is 5.56 Å². The Bertz CT molecular complexity index is 652. The summed E-state index contributed by atoms with van der Waals surface area (Å²) >= 11 is 0. The Morgan fingerprint density at radius 2 is 1.67 bits per heavy atom. The van der Waals surface area contributed by atoms with Gasteiger partial charge >= 0.3 is 6.18 Å². The van der Waals surface area contributed by atoms with Crippen LogP contribution in [0.4, 0.5) is 17.6 Å². The first-order valence-corrected chi connectivity index (χ1v) is 6.02. The van der Waals surface area contributed by atoms with Crippen molar-refractivity contribution in [2.24, 2.45) is 5.73 Å². The summed E-state index contributed by atoms with van der Waals surface area (Å²) < 4.78 is 50.8. The van der Waals surface area contributed by atoms with Gasteiger partial charge in [0.1, 0.15) is 5.82 Å². The lowest BCUT2D eigenvalue weighted by atomic mass is 9.97. The number of alkyl halides is 3. The van der Waals surface area contributed by atoms with E-state index in [1.807, 2.05) is 0 Å². The van der Waals surface area contributed by atoms with E-state index in [0.29, 0.717) is 17.7 Å². The van der Waals surface area contributed by atoms with Gasteiger partial charge in [-0.15, -0.1) is 0 Å². The van der Waals surface area contributed by atoms with E-state index >= 15 is 0 Å². The summed E-state index contributed by atoms with van der Waals surface area (Å²) in [6.45, 7) is 0. The van der Waals surface area contributed by atoms with Gasteiger partial charge in [-0.3, -0.25) is 4.79 Å². The third-order valence-electron chi connectivity index (χ3n) is 3.00. The van der Waals surface area contributed by atoms with Crippen LogP contribution in [0.15, 0.2) is 48.5 Å². The third kappa shape index (κ3) is 3.28. The molecule has 0 unspecified atom stereocenters. The van der Waals surface area contributed by atoms with Gasteiger partial charge in [0.2, 0.25) is 0 Å². The number of hydrogen-bond acceptors (Lipinski definition) is 2. The quantitative estimate of drug-likeness (QED) is 0.693. The van der Waals surface area contributed by atoms with E-state index in [2.05, 4.69) is 0 Å². The average Bonchev–Trinajstić information content (AvgIpc) is 2.45. The molecule has 110 valence electrons. The second-order valence-electron chi connectivity index (χ2n) is 4.44. The zero-order valence-corrected chi connectivity index (χ0v) is 10.7. The Kier molecular flexibility index (Phi) is 4.09. The van der Waals surface area contributed by atoms with E-state index in [1.165, 1.54) is 0 Å². The first-order valence-electron chi connectivity index (χ1n) is 6.02. The van der Waals surface area contributed by atoms with E-state index < -0.39 is 29.4 Å². The Labute approximate surface area is 118 Å². The molecule has 0 saturated heterocycles. The molecule has 2 N–H and O–H groups in total. The molecule has 0 heterocycles. The number of ketones is 1. The minimum Gasteiger partial charge on any atom is -0.318 e. The zero-order valence-electron chi connectivity index (χ0n) is 10.7. The van der Waals surface area contributed by atoms with Crippen molar-refractivity contribution in [3.05, 3.63) is 71.0 Å². The van der Waals surface area contributed by atoms with Crippen molar-refractivity contribution in [2.75, 3.05) is 0 Å². The van der Waals surface area contributed by atoms with E-state index in [9.17, 15) is 22.4 Å². The van der Waals surface area contributed by atoms with Crippen molar-refractivity contribution in [1.82, 2.24) is 0 Å². The maximum atomic E-state index is 13.5. The fourth-order valence-corrected chi connectivity index (χ4v) is 1.89. The van der Waals surface area contributed by atoms with Gasteiger partial charge in [-0.05, 0) is 17.7 Å². The van der Waals surface area contributed by atoms with Crippen LogP contribution in [0, 0.1) is 5.82 Å². The van der Waals surface area contributed by atoms with Crippen molar-refractivity contribution in [1.29, 1.82) is 0 Å². The standard InChI is InChI=1S/C15H11F4NO/c16-12-8-10(6-7-11(12)15(17,18)19)14(21)13(20)9-4-2-1-3-5-9/h1-8,13H,20H2/t13-/m1/s1. The van der Waals surface area contributed by atoms with Crippen molar-refractivity contribution < 1.29 is 22.4 Å². The van der Waals surface area contributed by atoms with Gasteiger partial charge in [0.25, 0.3) is 0 Å². The average molecular weight is 297 g/mol. The molecule has 2 nitrogen and oxygen atoms in total. The number of halogens is 4. The fraction of sp³-hybridized carbons (Fsp3) is 0.133. The van der Waals surface area contributed by atoms with Crippen LogP contribution in [0.5, 0.6) is 0 Å². The first kappa shape index (κ1) is 15.2. The van der Waals surface area contributed by atoms with Gasteiger partial charge in [0.15, 0.2) is 5.78 Å². The SMILES string of the molecule is N[C@@H](C(=O)c1ccc(C(F)(F)F)c(F)c1)c1ccccc1. The van der Waals surface area contributed by atoms with Crippen LogP contribution in [0.2, 0.25) is 0 Å². The highest BCUT2D eigenvalue weighted by Gasteiger charge is 2.34. The monoisotopic (exact) mass is 297 g/mol. The molecule has 0 saturated carbocycles. The Morgan fingerprint density at radius 1 is 1.05 bits per heavy atom. The molecule has 0 aliphatic carbocycles. The number of hydrogen-bond donors (Lipinski definition) is 1. The van der Waals surface area contributed by atoms with Crippen LogP contribution in [0.1, 0.15) is 27.5 Å². The molecule has 6 heteroatoms. The lowest BCUT2D eigenvalue weighted by molar-refractivity contribution is -0.140. The number of carbonyl (C=O) groups excluding carboxylic acids is 1. The first-order chi connectivity index (χ1) is 9.80. The number of benzene rings is 2. The highest BCUT2D eigenvalue weighted by molar-refractivity contribution is 6.00. The van der Waals surface area contributed by atoms with Gasteiger partial charge in [-0.2, -0.15) is 13.2 Å². The molecule has 0 bridgehead atoms. The van der Waals surface area contributed by atoms with Gasteiger partial charge in [-0.25, -0.2) is 4.39 Å². The van der Waals surface area contributed by atoms with Crippen LogP contribution < -0.4 is 5.73 Å². The smallest absolute Gasteiger partial charge is 0.318 e. The summed E-state index contributed by atoms with van der Waals surface area (Å²) in [6, 6.07) is 9.30. The van der Waals surface area contributed by atoms with Crippen LogP contribution in [-0.4, -0.2) is 5.78 Å². The van der Waals surface area contributed by atoms with Crippen molar-refractivity contribution in [2.45, 2.75) is 12.2 Å². The third-order valence-corrected chi connectivity index (χ3v) is 3.00. The van der Waals surface area contributed by atoms with Crippen LogP contribution in [-0.2, 0) is 6.18 Å². The number of carbonyl (C=O) groups is 1. The second kappa shape index (κ2) is 5.65. The van der Waals surface area contributed by atoms with Crippen molar-refractivity contribution in [3.63, 3.8) is 0 Å². The molecule has 0 aliphatic heterocycles. The highest BCUT2D eigenvalue weighted by Crippen LogP contribution is 2.32. The molecule has 2 rings (SSSR count). The Morgan fingerprint density at radius 3 is 2.19 bits per heavy atom. The maximum absolute atomic E-state index is 13.5. The van der Waals surface area contributed by atoms with Crippen LogP contribution >= 0.6 is 0 Å². The summed E-state index contributed by atoms with van der Waals surface area (Å²) in [4.78, 5) is 12.1. The zero-order chi connectivity index (χ0) is 15.6. The molecule has 1 atom stereocenters.